The summed E-state index contributed by atoms with van der Waals surface area (Å²) in [7, 11) is 0. The summed E-state index contributed by atoms with van der Waals surface area (Å²) in [5, 5.41) is 0.713. The zero-order valence-electron chi connectivity index (χ0n) is 6.18. The fourth-order valence-corrected chi connectivity index (χ4v) is 1.24. The van der Waals surface area contributed by atoms with Gasteiger partial charge in [-0.05, 0) is 17.2 Å². The Bertz CT molecular complexity index is 268. The van der Waals surface area contributed by atoms with Crippen LogP contribution in [0.3, 0.4) is 0 Å². The molecule has 58 valence electrons. The predicted octanol–water partition coefficient (Wildman–Crippen LogP) is 2.44. The number of halogens is 1. The van der Waals surface area contributed by atoms with Crippen molar-refractivity contribution in [3.63, 3.8) is 0 Å². The van der Waals surface area contributed by atoms with Gasteiger partial charge in [-0.15, -0.1) is 0 Å². The molecule has 0 aliphatic carbocycles. The van der Waals surface area contributed by atoms with E-state index in [1.165, 1.54) is 0 Å². The highest BCUT2D eigenvalue weighted by Gasteiger charge is 2.00. The predicted molar refractivity (Wildman–Crippen MR) is 49.4 cm³/mol. The summed E-state index contributed by atoms with van der Waals surface area (Å²) in [6.07, 6.45) is 1.76. The monoisotopic (exact) mass is 167 g/mol. The van der Waals surface area contributed by atoms with E-state index in [0.29, 0.717) is 11.6 Å². The molecular weight excluding hydrogens is 158 g/mol. The number of hydrogen-bond acceptors (Lipinski definition) is 1. The summed E-state index contributed by atoms with van der Waals surface area (Å²) in [5.74, 6) is 0. The molecule has 0 radical (unpaired) electrons. The van der Waals surface area contributed by atoms with Gasteiger partial charge in [0.25, 0.3) is 0 Å². The van der Waals surface area contributed by atoms with Crippen LogP contribution in [-0.4, -0.2) is 0 Å². The van der Waals surface area contributed by atoms with Gasteiger partial charge in [0.15, 0.2) is 0 Å². The van der Waals surface area contributed by atoms with Crippen molar-refractivity contribution in [2.45, 2.75) is 6.54 Å². The molecule has 0 saturated carbocycles. The Kier molecular flexibility index (Phi) is 2.69. The molecule has 11 heavy (non-hydrogen) atoms. The van der Waals surface area contributed by atoms with Crippen LogP contribution in [0.5, 0.6) is 0 Å². The van der Waals surface area contributed by atoms with Crippen molar-refractivity contribution in [3.05, 3.63) is 40.9 Å². The van der Waals surface area contributed by atoms with Gasteiger partial charge in [0, 0.05) is 11.6 Å². The van der Waals surface area contributed by atoms with Crippen LogP contribution in [0, 0.1) is 0 Å². The smallest absolute Gasteiger partial charge is 0.0456 e. The Hall–Kier alpha value is -0.790. The Morgan fingerprint density at radius 1 is 1.55 bits per heavy atom. The zero-order valence-corrected chi connectivity index (χ0v) is 6.93. The third-order valence-electron chi connectivity index (χ3n) is 1.58. The lowest BCUT2D eigenvalue weighted by molar-refractivity contribution is 1.07. The topological polar surface area (TPSA) is 26.0 Å². The Morgan fingerprint density at radius 3 is 2.73 bits per heavy atom. The fraction of sp³-hybridized carbons (Fsp3) is 0.111. The van der Waals surface area contributed by atoms with Gasteiger partial charge in [-0.3, -0.25) is 0 Å². The van der Waals surface area contributed by atoms with Crippen LogP contribution in [0.2, 0.25) is 5.02 Å². The molecule has 0 aromatic heterocycles. The van der Waals surface area contributed by atoms with Crippen LogP contribution < -0.4 is 5.73 Å². The van der Waals surface area contributed by atoms with Gasteiger partial charge < -0.3 is 5.73 Å². The van der Waals surface area contributed by atoms with Gasteiger partial charge in [-0.1, -0.05) is 36.4 Å². The first-order valence-corrected chi connectivity index (χ1v) is 3.77. The molecule has 0 saturated heterocycles. The van der Waals surface area contributed by atoms with E-state index in [0.717, 1.165) is 11.1 Å². The second kappa shape index (κ2) is 3.56. The van der Waals surface area contributed by atoms with E-state index in [2.05, 4.69) is 6.58 Å². The summed E-state index contributed by atoms with van der Waals surface area (Å²) in [4.78, 5) is 0. The largest absolute Gasteiger partial charge is 0.326 e. The van der Waals surface area contributed by atoms with Crippen molar-refractivity contribution in [3.8, 4) is 0 Å². The number of benzene rings is 1. The summed E-state index contributed by atoms with van der Waals surface area (Å²) >= 11 is 5.88. The molecule has 0 atom stereocenters. The van der Waals surface area contributed by atoms with Crippen LogP contribution in [0.1, 0.15) is 11.1 Å². The Balaban J connectivity index is 3.23. The molecule has 1 aromatic rings. The molecule has 1 rings (SSSR count). The second-order valence-corrected chi connectivity index (χ2v) is 2.62. The van der Waals surface area contributed by atoms with Gasteiger partial charge in [0.2, 0.25) is 0 Å². The Morgan fingerprint density at radius 2 is 2.27 bits per heavy atom. The fourth-order valence-electron chi connectivity index (χ4n) is 0.982. The first kappa shape index (κ1) is 8.31. The van der Waals surface area contributed by atoms with Crippen molar-refractivity contribution in [2.24, 2.45) is 5.73 Å². The van der Waals surface area contributed by atoms with E-state index in [1.54, 1.807) is 6.08 Å². The average molecular weight is 168 g/mol. The van der Waals surface area contributed by atoms with E-state index >= 15 is 0 Å². The molecular formula is C9H10ClN. The summed E-state index contributed by atoms with van der Waals surface area (Å²) in [6, 6.07) is 5.66. The minimum absolute atomic E-state index is 0.459. The van der Waals surface area contributed by atoms with Crippen molar-refractivity contribution >= 4 is 17.7 Å². The molecule has 0 aliphatic heterocycles. The normalized spacial score (nSPS) is 9.64. The molecule has 0 heterocycles. The maximum absolute atomic E-state index is 5.88. The first-order valence-electron chi connectivity index (χ1n) is 3.39. The van der Waals surface area contributed by atoms with Gasteiger partial charge in [0.05, 0.1) is 0 Å². The van der Waals surface area contributed by atoms with Crippen LogP contribution >= 0.6 is 11.6 Å². The number of nitrogens with two attached hydrogens (primary N) is 1. The van der Waals surface area contributed by atoms with Crippen molar-refractivity contribution in [1.82, 2.24) is 0 Å². The molecule has 0 aliphatic rings. The lowest BCUT2D eigenvalue weighted by Crippen LogP contribution is -1.99. The highest BCUT2D eigenvalue weighted by Crippen LogP contribution is 2.19. The molecule has 0 spiro atoms. The van der Waals surface area contributed by atoms with E-state index in [1.807, 2.05) is 18.2 Å². The van der Waals surface area contributed by atoms with E-state index < -0.39 is 0 Å². The summed E-state index contributed by atoms with van der Waals surface area (Å²) < 4.78 is 0. The third-order valence-corrected chi connectivity index (χ3v) is 1.93. The number of rotatable bonds is 2. The third kappa shape index (κ3) is 1.62. The van der Waals surface area contributed by atoms with Gasteiger partial charge in [-0.25, -0.2) is 0 Å². The molecule has 0 amide bonds. The molecule has 1 nitrogen and oxygen atoms in total. The van der Waals surface area contributed by atoms with Crippen LogP contribution in [0.25, 0.3) is 6.08 Å². The average Bonchev–Trinajstić information content (AvgIpc) is 2.04. The van der Waals surface area contributed by atoms with Crippen molar-refractivity contribution in [1.29, 1.82) is 0 Å². The van der Waals surface area contributed by atoms with Crippen LogP contribution in [0.4, 0.5) is 0 Å². The maximum Gasteiger partial charge on any atom is 0.0456 e. The van der Waals surface area contributed by atoms with Crippen molar-refractivity contribution in [2.75, 3.05) is 0 Å². The molecule has 2 N–H and O–H groups in total. The van der Waals surface area contributed by atoms with Crippen LogP contribution in [-0.2, 0) is 6.54 Å². The van der Waals surface area contributed by atoms with Gasteiger partial charge >= 0.3 is 0 Å². The molecule has 0 unspecified atom stereocenters. The lowest BCUT2D eigenvalue weighted by atomic mass is 10.1. The summed E-state index contributed by atoms with van der Waals surface area (Å²) in [5.41, 5.74) is 7.47. The minimum atomic E-state index is 0.459. The maximum atomic E-state index is 5.88. The highest BCUT2D eigenvalue weighted by atomic mass is 35.5. The molecule has 0 bridgehead atoms. The first-order chi connectivity index (χ1) is 5.29. The molecule has 0 fully saturated rings. The van der Waals surface area contributed by atoms with E-state index in [4.69, 9.17) is 17.3 Å². The summed E-state index contributed by atoms with van der Waals surface area (Å²) in [6.45, 7) is 4.13. The highest BCUT2D eigenvalue weighted by molar-refractivity contribution is 6.31. The van der Waals surface area contributed by atoms with Crippen LogP contribution in [0.15, 0.2) is 24.8 Å². The van der Waals surface area contributed by atoms with Gasteiger partial charge in [0.1, 0.15) is 0 Å². The quantitative estimate of drug-likeness (QED) is 0.720. The lowest BCUT2D eigenvalue weighted by Gasteiger charge is -2.03. The Labute approximate surface area is 71.5 Å². The standard InChI is InChI=1S/C9H10ClN/c1-2-7-4-3-5-9(10)8(7)6-11/h2-5H,1,6,11H2. The van der Waals surface area contributed by atoms with Crippen molar-refractivity contribution < 1.29 is 0 Å². The van der Waals surface area contributed by atoms with E-state index in [-0.39, 0.29) is 0 Å². The number of hydrogen-bond donors (Lipinski definition) is 1. The molecule has 2 heteroatoms. The van der Waals surface area contributed by atoms with E-state index in [9.17, 15) is 0 Å². The van der Waals surface area contributed by atoms with Gasteiger partial charge in [-0.2, -0.15) is 0 Å². The molecule has 1 aromatic carbocycles. The minimum Gasteiger partial charge on any atom is -0.326 e. The second-order valence-electron chi connectivity index (χ2n) is 2.22. The SMILES string of the molecule is C=Cc1cccc(Cl)c1CN. The zero-order chi connectivity index (χ0) is 8.27.